The summed E-state index contributed by atoms with van der Waals surface area (Å²) in [5.41, 5.74) is 2.05. The first kappa shape index (κ1) is 7.38. The second-order valence-electron chi connectivity index (χ2n) is 3.18. The summed E-state index contributed by atoms with van der Waals surface area (Å²) in [5.74, 6) is 0. The van der Waals surface area contributed by atoms with Crippen LogP contribution in [0, 0.1) is 0 Å². The van der Waals surface area contributed by atoms with Crippen molar-refractivity contribution in [3.8, 4) is 0 Å². The molecule has 0 atom stereocenters. The molecule has 0 fully saturated rings. The van der Waals surface area contributed by atoms with Gasteiger partial charge in [-0.3, -0.25) is 4.79 Å². The van der Waals surface area contributed by atoms with Crippen LogP contribution in [0.3, 0.4) is 0 Å². The normalized spacial score (nSPS) is 11.1. The molecule has 0 amide bonds. The molecule has 68 valence electrons. The highest BCUT2D eigenvalue weighted by Gasteiger charge is 2.08. The maximum atomic E-state index is 10.5. The summed E-state index contributed by atoms with van der Waals surface area (Å²) < 4.78 is 5.52. The highest BCUT2D eigenvalue weighted by atomic mass is 16.3. The first-order valence-corrected chi connectivity index (χ1v) is 4.34. The summed E-state index contributed by atoms with van der Waals surface area (Å²) in [6.07, 6.45) is 0.782. The molecule has 0 saturated heterocycles. The van der Waals surface area contributed by atoms with Crippen molar-refractivity contribution in [2.75, 3.05) is 0 Å². The van der Waals surface area contributed by atoms with Gasteiger partial charge in [-0.1, -0.05) is 18.2 Å². The summed E-state index contributed by atoms with van der Waals surface area (Å²) in [7, 11) is 0. The van der Waals surface area contributed by atoms with Gasteiger partial charge in [0.2, 0.25) is 5.71 Å². The van der Waals surface area contributed by atoms with Gasteiger partial charge in [0.15, 0.2) is 6.29 Å². The SMILES string of the molecule is O=Cc1cc2c([nH]1)oc1ccccc12. The highest BCUT2D eigenvalue weighted by Crippen LogP contribution is 2.28. The number of furan rings is 1. The molecule has 3 heteroatoms. The van der Waals surface area contributed by atoms with Crippen LogP contribution in [0.4, 0.5) is 0 Å². The molecule has 3 aromatic rings. The third-order valence-corrected chi connectivity index (χ3v) is 2.32. The van der Waals surface area contributed by atoms with E-state index in [1.165, 1.54) is 0 Å². The average Bonchev–Trinajstić information content (AvgIpc) is 2.73. The van der Waals surface area contributed by atoms with Crippen molar-refractivity contribution in [2.45, 2.75) is 0 Å². The van der Waals surface area contributed by atoms with Crippen LogP contribution in [-0.4, -0.2) is 11.3 Å². The fourth-order valence-electron chi connectivity index (χ4n) is 1.69. The second kappa shape index (κ2) is 2.48. The van der Waals surface area contributed by atoms with E-state index in [0.717, 1.165) is 22.6 Å². The second-order valence-corrected chi connectivity index (χ2v) is 3.18. The van der Waals surface area contributed by atoms with Gasteiger partial charge in [-0.15, -0.1) is 0 Å². The summed E-state index contributed by atoms with van der Waals surface area (Å²) in [4.78, 5) is 13.4. The number of rotatable bonds is 1. The molecule has 0 unspecified atom stereocenters. The van der Waals surface area contributed by atoms with E-state index in [1.54, 1.807) is 6.07 Å². The Morgan fingerprint density at radius 2 is 2.07 bits per heavy atom. The molecule has 14 heavy (non-hydrogen) atoms. The third-order valence-electron chi connectivity index (χ3n) is 2.32. The molecule has 0 radical (unpaired) electrons. The van der Waals surface area contributed by atoms with E-state index in [1.807, 2.05) is 24.3 Å². The number of aromatic amines is 1. The number of benzene rings is 1. The Bertz CT molecular complexity index is 618. The Hall–Kier alpha value is -2.03. The van der Waals surface area contributed by atoms with Gasteiger partial charge in [-0.25, -0.2) is 0 Å². The Labute approximate surface area is 79.3 Å². The van der Waals surface area contributed by atoms with Crippen molar-refractivity contribution in [3.63, 3.8) is 0 Å². The van der Waals surface area contributed by atoms with Crippen molar-refractivity contribution in [2.24, 2.45) is 0 Å². The van der Waals surface area contributed by atoms with Gasteiger partial charge in [0.05, 0.1) is 5.69 Å². The molecule has 3 nitrogen and oxygen atoms in total. The van der Waals surface area contributed by atoms with Crippen LogP contribution in [0.2, 0.25) is 0 Å². The number of hydrogen-bond donors (Lipinski definition) is 1. The first-order chi connectivity index (χ1) is 6.88. The third kappa shape index (κ3) is 0.836. The molecule has 2 aromatic heterocycles. The van der Waals surface area contributed by atoms with E-state index in [9.17, 15) is 4.79 Å². The number of carbonyl (C=O) groups excluding carboxylic acids is 1. The number of H-pyrrole nitrogens is 1. The molecule has 1 N–H and O–H groups in total. The minimum atomic E-state index is 0.546. The maximum Gasteiger partial charge on any atom is 0.206 e. The Kier molecular flexibility index (Phi) is 1.31. The number of hydrogen-bond acceptors (Lipinski definition) is 2. The minimum absolute atomic E-state index is 0.546. The zero-order valence-electron chi connectivity index (χ0n) is 7.28. The molecule has 3 rings (SSSR count). The molecule has 0 bridgehead atoms. The lowest BCUT2D eigenvalue weighted by Gasteiger charge is -1.84. The van der Waals surface area contributed by atoms with Crippen molar-refractivity contribution < 1.29 is 9.21 Å². The van der Waals surface area contributed by atoms with Gasteiger partial charge < -0.3 is 9.40 Å². The largest absolute Gasteiger partial charge is 0.440 e. The Morgan fingerprint density at radius 3 is 2.93 bits per heavy atom. The molecule has 0 aliphatic heterocycles. The van der Waals surface area contributed by atoms with E-state index >= 15 is 0 Å². The summed E-state index contributed by atoms with van der Waals surface area (Å²) >= 11 is 0. The van der Waals surface area contributed by atoms with Crippen molar-refractivity contribution in [1.29, 1.82) is 0 Å². The fourth-order valence-corrected chi connectivity index (χ4v) is 1.69. The van der Waals surface area contributed by atoms with Crippen LogP contribution in [0.25, 0.3) is 22.1 Å². The molecular weight excluding hydrogens is 178 g/mol. The van der Waals surface area contributed by atoms with Crippen LogP contribution in [0.15, 0.2) is 34.7 Å². The average molecular weight is 185 g/mol. The van der Waals surface area contributed by atoms with E-state index < -0.39 is 0 Å². The van der Waals surface area contributed by atoms with Crippen LogP contribution in [-0.2, 0) is 0 Å². The lowest BCUT2D eigenvalue weighted by Crippen LogP contribution is -1.74. The maximum absolute atomic E-state index is 10.5. The number of aromatic nitrogens is 1. The van der Waals surface area contributed by atoms with Gasteiger partial charge in [0.1, 0.15) is 5.58 Å². The predicted octanol–water partition coefficient (Wildman–Crippen LogP) is 2.73. The van der Waals surface area contributed by atoms with E-state index in [4.69, 9.17) is 4.42 Å². The summed E-state index contributed by atoms with van der Waals surface area (Å²) in [6.45, 7) is 0. The van der Waals surface area contributed by atoms with E-state index in [0.29, 0.717) is 11.4 Å². The number of nitrogens with one attached hydrogen (secondary N) is 1. The van der Waals surface area contributed by atoms with Crippen LogP contribution < -0.4 is 0 Å². The highest BCUT2D eigenvalue weighted by molar-refractivity contribution is 6.05. The molecule has 2 heterocycles. The number of fused-ring (bicyclic) bond motifs is 3. The molecule has 0 spiro atoms. The minimum Gasteiger partial charge on any atom is -0.440 e. The molecule has 0 aliphatic rings. The smallest absolute Gasteiger partial charge is 0.206 e. The van der Waals surface area contributed by atoms with Gasteiger partial charge >= 0.3 is 0 Å². The zero-order chi connectivity index (χ0) is 9.54. The molecular formula is C11H7NO2. The van der Waals surface area contributed by atoms with Gasteiger partial charge in [0.25, 0.3) is 0 Å². The fraction of sp³-hybridized carbons (Fsp3) is 0. The predicted molar refractivity (Wildman–Crippen MR) is 53.5 cm³/mol. The van der Waals surface area contributed by atoms with Crippen molar-refractivity contribution in [1.82, 2.24) is 4.98 Å². The van der Waals surface area contributed by atoms with Crippen LogP contribution in [0.5, 0.6) is 0 Å². The van der Waals surface area contributed by atoms with Gasteiger partial charge in [-0.2, -0.15) is 0 Å². The van der Waals surface area contributed by atoms with Crippen LogP contribution in [0.1, 0.15) is 10.5 Å². The quantitative estimate of drug-likeness (QED) is 0.592. The zero-order valence-corrected chi connectivity index (χ0v) is 7.28. The Morgan fingerprint density at radius 1 is 1.21 bits per heavy atom. The monoisotopic (exact) mass is 185 g/mol. The first-order valence-electron chi connectivity index (χ1n) is 4.34. The summed E-state index contributed by atoms with van der Waals surface area (Å²) in [5, 5.41) is 1.99. The van der Waals surface area contributed by atoms with Crippen LogP contribution >= 0.6 is 0 Å². The van der Waals surface area contributed by atoms with Crippen molar-refractivity contribution >= 4 is 28.4 Å². The number of para-hydroxylation sites is 1. The summed E-state index contributed by atoms with van der Waals surface area (Å²) in [6, 6.07) is 9.55. The molecule has 0 saturated carbocycles. The molecule has 1 aromatic carbocycles. The van der Waals surface area contributed by atoms with Crippen molar-refractivity contribution in [3.05, 3.63) is 36.0 Å². The van der Waals surface area contributed by atoms with Gasteiger partial charge in [-0.05, 0) is 12.1 Å². The number of carbonyl (C=O) groups is 1. The van der Waals surface area contributed by atoms with E-state index in [-0.39, 0.29) is 0 Å². The van der Waals surface area contributed by atoms with E-state index in [2.05, 4.69) is 4.98 Å². The lowest BCUT2D eigenvalue weighted by atomic mass is 10.2. The molecule has 0 aliphatic carbocycles. The Balaban J connectivity index is 2.50. The number of aldehydes is 1. The standard InChI is InChI=1S/C11H7NO2/c13-6-7-5-9-8-3-1-2-4-10(8)14-11(9)12-7/h1-6,12H. The topological polar surface area (TPSA) is 46.0 Å². The lowest BCUT2D eigenvalue weighted by molar-refractivity contribution is 0.111. The van der Waals surface area contributed by atoms with Gasteiger partial charge in [0, 0.05) is 10.8 Å².